The van der Waals surface area contributed by atoms with Crippen LogP contribution >= 0.6 is 0 Å². The van der Waals surface area contributed by atoms with Crippen LogP contribution in [0.15, 0.2) is 24.5 Å². The maximum atomic E-state index is 14.8. The standard InChI is InChI=1S/C18H22FN7O4/c1-29-17(27)20-9-14-10-25(18(28)30-14)13-2-3-16(15(19)8-13)24-6-4-12(5-7-24)26-22-11-21-23-26/h2-3,8,11-12,14H,4-7,9-10H2,1H3,(H,20,27)/t14-/m0/s1. The summed E-state index contributed by atoms with van der Waals surface area (Å²) < 4.78 is 24.6. The van der Waals surface area contributed by atoms with Crippen LogP contribution < -0.4 is 15.1 Å². The summed E-state index contributed by atoms with van der Waals surface area (Å²) in [6.07, 6.45) is 1.24. The van der Waals surface area contributed by atoms with E-state index in [9.17, 15) is 14.0 Å². The number of amides is 2. The molecule has 1 aromatic carbocycles. The molecule has 2 aromatic rings. The van der Waals surface area contributed by atoms with Gasteiger partial charge in [0, 0.05) is 13.1 Å². The minimum atomic E-state index is -0.608. The summed E-state index contributed by atoms with van der Waals surface area (Å²) in [7, 11) is 1.25. The number of tetrazole rings is 1. The molecule has 2 aliphatic rings. The van der Waals surface area contributed by atoms with E-state index in [1.807, 2.05) is 4.90 Å². The van der Waals surface area contributed by atoms with Gasteiger partial charge >= 0.3 is 12.2 Å². The Kier molecular flexibility index (Phi) is 5.63. The monoisotopic (exact) mass is 419 g/mol. The lowest BCUT2D eigenvalue weighted by atomic mass is 10.0. The third kappa shape index (κ3) is 4.11. The Bertz CT molecular complexity index is 902. The number of anilines is 2. The first-order valence-corrected chi connectivity index (χ1v) is 9.62. The maximum absolute atomic E-state index is 14.8. The second-order valence-corrected chi connectivity index (χ2v) is 7.10. The summed E-state index contributed by atoms with van der Waals surface area (Å²) in [5, 5.41) is 14.2. The van der Waals surface area contributed by atoms with Crippen molar-refractivity contribution in [3.63, 3.8) is 0 Å². The molecule has 0 aliphatic carbocycles. The molecule has 0 spiro atoms. The molecule has 11 nitrogen and oxygen atoms in total. The molecule has 2 amide bonds. The van der Waals surface area contributed by atoms with Crippen LogP contribution in [0.2, 0.25) is 0 Å². The second kappa shape index (κ2) is 8.51. The zero-order chi connectivity index (χ0) is 21.1. The highest BCUT2D eigenvalue weighted by Crippen LogP contribution is 2.31. The number of rotatable bonds is 5. The number of benzene rings is 1. The van der Waals surface area contributed by atoms with Crippen molar-refractivity contribution < 1.29 is 23.5 Å². The smallest absolute Gasteiger partial charge is 0.414 e. The summed E-state index contributed by atoms with van der Waals surface area (Å²) in [5.41, 5.74) is 0.892. The van der Waals surface area contributed by atoms with Gasteiger partial charge in [0.2, 0.25) is 0 Å². The number of carbonyl (C=O) groups is 2. The fourth-order valence-corrected chi connectivity index (χ4v) is 3.71. The van der Waals surface area contributed by atoms with Gasteiger partial charge in [-0.2, -0.15) is 4.80 Å². The van der Waals surface area contributed by atoms with E-state index >= 15 is 0 Å². The average molecular weight is 419 g/mol. The molecular formula is C18H22FN7O4. The minimum Gasteiger partial charge on any atom is -0.453 e. The number of nitrogens with zero attached hydrogens (tertiary/aromatic N) is 6. The number of piperidine rings is 1. The van der Waals surface area contributed by atoms with Gasteiger partial charge in [-0.1, -0.05) is 0 Å². The van der Waals surface area contributed by atoms with Gasteiger partial charge < -0.3 is 19.7 Å². The Balaban J connectivity index is 1.38. The molecular weight excluding hydrogens is 397 g/mol. The van der Waals surface area contributed by atoms with Crippen LogP contribution in [0.25, 0.3) is 0 Å². The normalized spacial score (nSPS) is 19.7. The van der Waals surface area contributed by atoms with E-state index in [2.05, 4.69) is 25.5 Å². The van der Waals surface area contributed by atoms with E-state index in [1.165, 1.54) is 24.4 Å². The summed E-state index contributed by atoms with van der Waals surface area (Å²) in [5.74, 6) is -0.409. The third-order valence-electron chi connectivity index (χ3n) is 5.27. The highest BCUT2D eigenvalue weighted by molar-refractivity contribution is 5.90. The van der Waals surface area contributed by atoms with Crippen molar-refractivity contribution in [3.8, 4) is 0 Å². The summed E-state index contributed by atoms with van der Waals surface area (Å²) in [6, 6.07) is 4.85. The number of hydrogen-bond donors (Lipinski definition) is 1. The van der Waals surface area contributed by atoms with E-state index in [0.717, 1.165) is 12.8 Å². The van der Waals surface area contributed by atoms with E-state index < -0.39 is 24.1 Å². The van der Waals surface area contributed by atoms with Crippen LogP contribution in [0.1, 0.15) is 18.9 Å². The van der Waals surface area contributed by atoms with Crippen molar-refractivity contribution in [2.75, 3.05) is 43.1 Å². The summed E-state index contributed by atoms with van der Waals surface area (Å²) in [6.45, 7) is 1.65. The predicted molar refractivity (Wildman–Crippen MR) is 103 cm³/mol. The Labute approximate surface area is 171 Å². The van der Waals surface area contributed by atoms with Gasteiger partial charge in [0.1, 0.15) is 11.9 Å². The Morgan fingerprint density at radius 2 is 2.17 bits per heavy atom. The van der Waals surface area contributed by atoms with Gasteiger partial charge in [-0.05, 0) is 36.3 Å². The highest BCUT2D eigenvalue weighted by atomic mass is 19.1. The number of ether oxygens (including phenoxy) is 2. The molecule has 2 saturated heterocycles. The van der Waals surface area contributed by atoms with Crippen LogP contribution in [-0.2, 0) is 9.47 Å². The van der Waals surface area contributed by atoms with Crippen molar-refractivity contribution in [1.29, 1.82) is 0 Å². The number of alkyl carbamates (subject to hydrolysis) is 1. The van der Waals surface area contributed by atoms with E-state index in [0.29, 0.717) is 24.5 Å². The molecule has 2 fully saturated rings. The molecule has 4 rings (SSSR count). The molecule has 0 bridgehead atoms. The van der Waals surface area contributed by atoms with Crippen LogP contribution in [-0.4, -0.2) is 71.8 Å². The van der Waals surface area contributed by atoms with Crippen LogP contribution in [0.5, 0.6) is 0 Å². The maximum Gasteiger partial charge on any atom is 0.414 e. The van der Waals surface area contributed by atoms with Crippen LogP contribution in [0.4, 0.5) is 25.4 Å². The molecule has 30 heavy (non-hydrogen) atoms. The zero-order valence-electron chi connectivity index (χ0n) is 16.4. The molecule has 2 aliphatic heterocycles. The number of aromatic nitrogens is 4. The first-order chi connectivity index (χ1) is 14.5. The molecule has 0 unspecified atom stereocenters. The van der Waals surface area contributed by atoms with E-state index in [-0.39, 0.29) is 19.1 Å². The average Bonchev–Trinajstić information content (AvgIpc) is 3.42. The molecule has 3 heterocycles. The fourth-order valence-electron chi connectivity index (χ4n) is 3.71. The van der Waals surface area contributed by atoms with E-state index in [1.54, 1.807) is 16.9 Å². The number of carbonyl (C=O) groups excluding carboxylic acids is 2. The number of hydrogen-bond acceptors (Lipinski definition) is 8. The van der Waals surface area contributed by atoms with Crippen LogP contribution in [0, 0.1) is 5.82 Å². The molecule has 12 heteroatoms. The topological polar surface area (TPSA) is 115 Å². The third-order valence-corrected chi connectivity index (χ3v) is 5.27. The summed E-state index contributed by atoms with van der Waals surface area (Å²) >= 11 is 0. The number of halogens is 1. The molecule has 1 aromatic heterocycles. The second-order valence-electron chi connectivity index (χ2n) is 7.10. The molecule has 160 valence electrons. The fraction of sp³-hybridized carbons (Fsp3) is 0.500. The van der Waals surface area contributed by atoms with Gasteiger partial charge in [-0.25, -0.2) is 14.0 Å². The lowest BCUT2D eigenvalue weighted by molar-refractivity contribution is 0.132. The quantitative estimate of drug-likeness (QED) is 0.772. The first kappa shape index (κ1) is 19.9. The first-order valence-electron chi connectivity index (χ1n) is 9.62. The Morgan fingerprint density at radius 3 is 2.83 bits per heavy atom. The molecule has 1 N–H and O–H groups in total. The number of methoxy groups -OCH3 is 1. The van der Waals surface area contributed by atoms with Gasteiger partial charge in [-0.15, -0.1) is 10.2 Å². The lowest BCUT2D eigenvalue weighted by Crippen LogP contribution is -2.36. The predicted octanol–water partition coefficient (Wildman–Crippen LogP) is 1.33. The largest absolute Gasteiger partial charge is 0.453 e. The van der Waals surface area contributed by atoms with Gasteiger partial charge in [0.15, 0.2) is 6.33 Å². The van der Waals surface area contributed by atoms with Crippen molar-refractivity contribution in [2.45, 2.75) is 25.0 Å². The summed E-state index contributed by atoms with van der Waals surface area (Å²) in [4.78, 5) is 28.2. The number of nitrogens with one attached hydrogen (secondary N) is 1. The number of cyclic esters (lactones) is 1. The minimum absolute atomic E-state index is 0.116. The van der Waals surface area contributed by atoms with Crippen molar-refractivity contribution >= 4 is 23.6 Å². The van der Waals surface area contributed by atoms with Crippen molar-refractivity contribution in [3.05, 3.63) is 30.3 Å². The molecule has 0 radical (unpaired) electrons. The molecule has 1 atom stereocenters. The highest BCUT2D eigenvalue weighted by Gasteiger charge is 2.33. The van der Waals surface area contributed by atoms with Gasteiger partial charge in [-0.3, -0.25) is 4.90 Å². The lowest BCUT2D eigenvalue weighted by Gasteiger charge is -2.33. The SMILES string of the molecule is COC(=O)NC[C@H]1CN(c2ccc(N3CCC(n4ncnn4)CC3)c(F)c2)C(=O)O1. The van der Waals surface area contributed by atoms with E-state index in [4.69, 9.17) is 4.74 Å². The van der Waals surface area contributed by atoms with Crippen molar-refractivity contribution in [2.24, 2.45) is 0 Å². The van der Waals surface area contributed by atoms with Crippen LogP contribution in [0.3, 0.4) is 0 Å². The van der Waals surface area contributed by atoms with Gasteiger partial charge in [0.25, 0.3) is 0 Å². The van der Waals surface area contributed by atoms with Crippen molar-refractivity contribution in [1.82, 2.24) is 25.5 Å². The zero-order valence-corrected chi connectivity index (χ0v) is 16.4. The Morgan fingerprint density at radius 1 is 1.37 bits per heavy atom. The Hall–Kier alpha value is -3.44. The molecule has 0 saturated carbocycles. The van der Waals surface area contributed by atoms with Gasteiger partial charge in [0.05, 0.1) is 37.6 Å².